The second-order valence-corrected chi connectivity index (χ2v) is 5.36. The van der Waals surface area contributed by atoms with Crippen LogP contribution in [0.3, 0.4) is 0 Å². The largest absolute Gasteiger partial charge is 0.271 e. The Morgan fingerprint density at radius 2 is 2.29 bits per heavy atom. The van der Waals surface area contributed by atoms with Gasteiger partial charge in [-0.2, -0.15) is 5.10 Å². The smallest absolute Gasteiger partial charge is 0.0834 e. The Morgan fingerprint density at radius 3 is 2.82 bits per heavy atom. The van der Waals surface area contributed by atoms with Crippen molar-refractivity contribution in [2.24, 2.45) is 18.8 Å². The van der Waals surface area contributed by atoms with E-state index in [1.165, 1.54) is 32.1 Å². The van der Waals surface area contributed by atoms with Crippen molar-refractivity contribution in [3.63, 3.8) is 0 Å². The fraction of sp³-hybridized carbons (Fsp3) is 0.750. The summed E-state index contributed by atoms with van der Waals surface area (Å²) in [5.41, 5.74) is 3.86. The van der Waals surface area contributed by atoms with Crippen molar-refractivity contribution >= 4 is 11.6 Å². The summed E-state index contributed by atoms with van der Waals surface area (Å²) in [5.74, 6) is 6.51. The van der Waals surface area contributed by atoms with Crippen molar-refractivity contribution in [3.05, 3.63) is 16.9 Å². The van der Waals surface area contributed by atoms with Crippen LogP contribution in [0.1, 0.15) is 50.3 Å². The minimum atomic E-state index is 0.107. The van der Waals surface area contributed by atoms with E-state index < -0.39 is 0 Å². The predicted octanol–water partition coefficient (Wildman–Crippen LogP) is 2.55. The van der Waals surface area contributed by atoms with Gasteiger partial charge in [-0.3, -0.25) is 16.0 Å². The molecule has 0 aliphatic heterocycles. The first-order valence-electron chi connectivity index (χ1n) is 6.36. The molecule has 96 valence electrons. The number of hydrazine groups is 1. The number of halogens is 1. The minimum Gasteiger partial charge on any atom is -0.271 e. The minimum absolute atomic E-state index is 0.107. The first-order chi connectivity index (χ1) is 8.22. The molecule has 1 atom stereocenters. The molecule has 1 fully saturated rings. The molecule has 1 heterocycles. The molecular formula is C12H21ClN4. The van der Waals surface area contributed by atoms with Crippen LogP contribution in [0.2, 0.25) is 5.02 Å². The average molecular weight is 257 g/mol. The van der Waals surface area contributed by atoms with E-state index >= 15 is 0 Å². The second-order valence-electron chi connectivity index (χ2n) is 4.95. The third kappa shape index (κ3) is 3.00. The molecule has 0 spiro atoms. The zero-order chi connectivity index (χ0) is 12.3. The number of aryl methyl sites for hydroxylation is 1. The van der Waals surface area contributed by atoms with Gasteiger partial charge >= 0.3 is 0 Å². The normalized spacial score (nSPS) is 18.8. The van der Waals surface area contributed by atoms with E-state index in [1.54, 1.807) is 6.20 Å². The van der Waals surface area contributed by atoms with Gasteiger partial charge in [-0.25, -0.2) is 0 Å². The Kier molecular flexibility index (Phi) is 4.42. The zero-order valence-corrected chi connectivity index (χ0v) is 11.1. The van der Waals surface area contributed by atoms with Gasteiger partial charge in [0.2, 0.25) is 0 Å². The van der Waals surface area contributed by atoms with E-state index in [4.69, 9.17) is 17.4 Å². The summed E-state index contributed by atoms with van der Waals surface area (Å²) in [6.45, 7) is 0. The van der Waals surface area contributed by atoms with Gasteiger partial charge in [0.05, 0.1) is 23.0 Å². The lowest BCUT2D eigenvalue weighted by atomic mass is 9.97. The maximum Gasteiger partial charge on any atom is 0.0834 e. The molecule has 17 heavy (non-hydrogen) atoms. The quantitative estimate of drug-likeness (QED) is 0.629. The van der Waals surface area contributed by atoms with E-state index in [-0.39, 0.29) is 6.04 Å². The summed E-state index contributed by atoms with van der Waals surface area (Å²) in [4.78, 5) is 0. The lowest BCUT2D eigenvalue weighted by Crippen LogP contribution is -2.30. The van der Waals surface area contributed by atoms with Gasteiger partial charge in [0, 0.05) is 7.05 Å². The molecule has 0 saturated heterocycles. The van der Waals surface area contributed by atoms with Gasteiger partial charge < -0.3 is 0 Å². The average Bonchev–Trinajstić information content (AvgIpc) is 2.93. The topological polar surface area (TPSA) is 55.9 Å². The highest BCUT2D eigenvalue weighted by Crippen LogP contribution is 2.32. The van der Waals surface area contributed by atoms with Crippen molar-refractivity contribution in [1.29, 1.82) is 0 Å². The van der Waals surface area contributed by atoms with Crippen LogP contribution < -0.4 is 11.3 Å². The van der Waals surface area contributed by atoms with Gasteiger partial charge in [-0.1, -0.05) is 37.3 Å². The van der Waals surface area contributed by atoms with Gasteiger partial charge in [-0.05, 0) is 18.8 Å². The van der Waals surface area contributed by atoms with E-state index in [1.807, 2.05) is 11.7 Å². The molecule has 3 N–H and O–H groups in total. The fourth-order valence-electron chi connectivity index (χ4n) is 2.81. The van der Waals surface area contributed by atoms with Crippen molar-refractivity contribution in [1.82, 2.24) is 15.2 Å². The maximum atomic E-state index is 6.14. The van der Waals surface area contributed by atoms with Crippen LogP contribution >= 0.6 is 11.6 Å². The highest BCUT2D eigenvalue weighted by Gasteiger charge is 2.21. The number of nitrogens with zero attached hydrogens (tertiary/aromatic N) is 2. The molecular weight excluding hydrogens is 236 g/mol. The van der Waals surface area contributed by atoms with Crippen LogP contribution in [0, 0.1) is 5.92 Å². The van der Waals surface area contributed by atoms with Crippen molar-refractivity contribution in [2.75, 3.05) is 0 Å². The third-order valence-electron chi connectivity index (χ3n) is 3.81. The molecule has 1 aliphatic rings. The van der Waals surface area contributed by atoms with Crippen molar-refractivity contribution < 1.29 is 0 Å². The van der Waals surface area contributed by atoms with Gasteiger partial charge in [-0.15, -0.1) is 0 Å². The molecule has 0 aromatic carbocycles. The molecule has 0 bridgehead atoms. The molecule has 0 amide bonds. The molecule has 1 aliphatic carbocycles. The summed E-state index contributed by atoms with van der Waals surface area (Å²) in [6, 6.07) is 0.107. The first-order valence-corrected chi connectivity index (χ1v) is 6.73. The third-order valence-corrected chi connectivity index (χ3v) is 4.10. The Bertz CT molecular complexity index is 338. The number of nitrogens with one attached hydrogen (secondary N) is 1. The van der Waals surface area contributed by atoms with E-state index in [0.717, 1.165) is 18.0 Å². The molecule has 4 nitrogen and oxygen atoms in total. The molecule has 1 aromatic rings. The highest BCUT2D eigenvalue weighted by atomic mass is 35.5. The zero-order valence-electron chi connectivity index (χ0n) is 10.3. The van der Waals surface area contributed by atoms with Gasteiger partial charge in [0.1, 0.15) is 0 Å². The maximum absolute atomic E-state index is 6.14. The number of aromatic nitrogens is 2. The predicted molar refractivity (Wildman–Crippen MR) is 69.5 cm³/mol. The standard InChI is InChI=1S/C12H21ClN4/c1-17-12(10(13)8-15-17)11(16-14)7-6-9-4-2-3-5-9/h8-9,11,16H,2-7,14H2,1H3. The molecule has 1 saturated carbocycles. The SMILES string of the molecule is Cn1ncc(Cl)c1C(CCC1CCCC1)NN. The Morgan fingerprint density at radius 1 is 1.59 bits per heavy atom. The summed E-state index contributed by atoms with van der Waals surface area (Å²) in [5, 5.41) is 4.85. The molecule has 1 aromatic heterocycles. The van der Waals surface area contributed by atoms with Crippen LogP contribution in [0.15, 0.2) is 6.20 Å². The number of rotatable bonds is 5. The highest BCUT2D eigenvalue weighted by molar-refractivity contribution is 6.31. The van der Waals surface area contributed by atoms with E-state index in [9.17, 15) is 0 Å². The summed E-state index contributed by atoms with van der Waals surface area (Å²) in [7, 11) is 1.90. The van der Waals surface area contributed by atoms with Gasteiger partial charge in [0.15, 0.2) is 0 Å². The van der Waals surface area contributed by atoms with Crippen LogP contribution in [0.25, 0.3) is 0 Å². The van der Waals surface area contributed by atoms with E-state index in [0.29, 0.717) is 5.02 Å². The molecule has 1 unspecified atom stereocenters. The van der Waals surface area contributed by atoms with Crippen LogP contribution in [0.5, 0.6) is 0 Å². The van der Waals surface area contributed by atoms with Crippen LogP contribution in [-0.4, -0.2) is 9.78 Å². The number of hydrogen-bond donors (Lipinski definition) is 2. The Labute approximate surface area is 107 Å². The summed E-state index contributed by atoms with van der Waals surface area (Å²) in [6.07, 6.45) is 9.44. The van der Waals surface area contributed by atoms with Crippen LogP contribution in [-0.2, 0) is 7.05 Å². The molecule has 2 rings (SSSR count). The molecule has 0 radical (unpaired) electrons. The monoisotopic (exact) mass is 256 g/mol. The van der Waals surface area contributed by atoms with Crippen molar-refractivity contribution in [3.8, 4) is 0 Å². The lowest BCUT2D eigenvalue weighted by molar-refractivity contribution is 0.403. The summed E-state index contributed by atoms with van der Waals surface area (Å²) < 4.78 is 1.81. The lowest BCUT2D eigenvalue weighted by Gasteiger charge is -2.18. The van der Waals surface area contributed by atoms with E-state index in [2.05, 4.69) is 10.5 Å². The summed E-state index contributed by atoms with van der Waals surface area (Å²) >= 11 is 6.14. The van der Waals surface area contributed by atoms with Gasteiger partial charge in [0.25, 0.3) is 0 Å². The Balaban J connectivity index is 1.96. The fourth-order valence-corrected chi connectivity index (χ4v) is 3.11. The van der Waals surface area contributed by atoms with Crippen molar-refractivity contribution in [2.45, 2.75) is 44.6 Å². The first kappa shape index (κ1) is 12.9. The van der Waals surface area contributed by atoms with Crippen LogP contribution in [0.4, 0.5) is 0 Å². The number of nitrogens with two attached hydrogens (primary N) is 1. The second kappa shape index (κ2) is 5.85. The molecule has 5 heteroatoms. The Hall–Kier alpha value is -0.580. The number of hydrogen-bond acceptors (Lipinski definition) is 3.